The van der Waals surface area contributed by atoms with E-state index in [1.54, 1.807) is 6.08 Å². The average molecular weight is 275 g/mol. The molecule has 2 heteroatoms. The van der Waals surface area contributed by atoms with E-state index in [2.05, 4.69) is 57.8 Å². The Labute approximate surface area is 124 Å². The third kappa shape index (κ3) is 5.20. The summed E-state index contributed by atoms with van der Waals surface area (Å²) in [6.07, 6.45) is 4.26. The highest BCUT2D eigenvalue weighted by atomic mass is 16.1. The van der Waals surface area contributed by atoms with Crippen molar-refractivity contribution in [2.24, 2.45) is 0 Å². The molecule has 0 saturated carbocycles. The van der Waals surface area contributed by atoms with E-state index in [9.17, 15) is 4.79 Å². The number of hydrogen-bond acceptors (Lipinski definition) is 2. The molecule has 0 unspecified atom stereocenters. The van der Waals surface area contributed by atoms with Crippen LogP contribution >= 0.6 is 0 Å². The van der Waals surface area contributed by atoms with Crippen LogP contribution in [0.1, 0.15) is 58.6 Å². The van der Waals surface area contributed by atoms with Crippen LogP contribution < -0.4 is 4.90 Å². The summed E-state index contributed by atoms with van der Waals surface area (Å²) in [4.78, 5) is 12.7. The number of carbonyl (C=O) groups is 1. The van der Waals surface area contributed by atoms with Crippen LogP contribution in [-0.2, 0) is 4.79 Å². The summed E-state index contributed by atoms with van der Waals surface area (Å²) in [7, 11) is 2.08. The maximum atomic E-state index is 10.5. The van der Waals surface area contributed by atoms with Crippen molar-refractivity contribution in [2.75, 3.05) is 11.9 Å². The number of hydrogen-bond donors (Lipinski definition) is 0. The van der Waals surface area contributed by atoms with Crippen LogP contribution in [0.5, 0.6) is 0 Å². The summed E-state index contributed by atoms with van der Waals surface area (Å²) in [6.45, 7) is 12.7. The van der Waals surface area contributed by atoms with E-state index < -0.39 is 0 Å². The second-order valence-corrected chi connectivity index (χ2v) is 5.17. The first-order chi connectivity index (χ1) is 9.47. The summed E-state index contributed by atoms with van der Waals surface area (Å²) in [5.41, 5.74) is 3.55. The number of aldehydes is 1. The summed E-state index contributed by atoms with van der Waals surface area (Å²) in [5, 5.41) is 0. The van der Waals surface area contributed by atoms with E-state index in [1.165, 1.54) is 5.56 Å². The van der Waals surface area contributed by atoms with Crippen molar-refractivity contribution in [3.8, 4) is 0 Å². The Morgan fingerprint density at radius 3 is 2.15 bits per heavy atom. The molecule has 0 fully saturated rings. The van der Waals surface area contributed by atoms with Crippen LogP contribution in [0.25, 0.3) is 6.08 Å². The molecule has 0 N–H and O–H groups in total. The Bertz CT molecular complexity index is 433. The van der Waals surface area contributed by atoms with Crippen molar-refractivity contribution >= 4 is 18.0 Å². The summed E-state index contributed by atoms with van der Waals surface area (Å²) in [6, 6.07) is 6.90. The molecule has 0 atom stereocenters. The molecule has 0 aromatic heterocycles. The fraction of sp³-hybridized carbons (Fsp3) is 0.500. The minimum Gasteiger partial charge on any atom is -0.372 e. The van der Waals surface area contributed by atoms with E-state index in [0.29, 0.717) is 12.0 Å². The highest BCUT2D eigenvalue weighted by Gasteiger charge is 2.10. The van der Waals surface area contributed by atoms with Gasteiger partial charge < -0.3 is 4.90 Å². The zero-order valence-electron chi connectivity index (χ0n) is 14.0. The molecule has 20 heavy (non-hydrogen) atoms. The Balaban J connectivity index is 0.00000172. The lowest BCUT2D eigenvalue weighted by atomic mass is 9.98. The maximum absolute atomic E-state index is 10.5. The van der Waals surface area contributed by atoms with Crippen molar-refractivity contribution in [2.45, 2.75) is 53.5 Å². The van der Waals surface area contributed by atoms with Gasteiger partial charge in [-0.15, -0.1) is 0 Å². The van der Waals surface area contributed by atoms with E-state index in [4.69, 9.17) is 0 Å². The van der Waals surface area contributed by atoms with Crippen molar-refractivity contribution in [1.29, 1.82) is 0 Å². The van der Waals surface area contributed by atoms with Gasteiger partial charge in [0.2, 0.25) is 0 Å². The molecular formula is C18H29NO. The molecule has 112 valence electrons. The second-order valence-electron chi connectivity index (χ2n) is 5.17. The smallest absolute Gasteiger partial charge is 0.142 e. The van der Waals surface area contributed by atoms with Gasteiger partial charge in [0.1, 0.15) is 6.29 Å². The molecule has 0 aliphatic rings. The van der Waals surface area contributed by atoms with Crippen molar-refractivity contribution in [3.05, 3.63) is 35.4 Å². The molecule has 2 nitrogen and oxygen atoms in total. The fourth-order valence-electron chi connectivity index (χ4n) is 1.81. The first-order valence-corrected chi connectivity index (χ1v) is 7.46. The zero-order valence-corrected chi connectivity index (χ0v) is 14.0. The third-order valence-electron chi connectivity index (χ3n) is 3.23. The van der Waals surface area contributed by atoms with Crippen LogP contribution in [-0.4, -0.2) is 19.4 Å². The van der Waals surface area contributed by atoms with Crippen LogP contribution in [0.15, 0.2) is 24.3 Å². The maximum Gasteiger partial charge on any atom is 0.142 e. The lowest BCUT2D eigenvalue weighted by Gasteiger charge is -2.26. The van der Waals surface area contributed by atoms with Gasteiger partial charge in [-0.25, -0.2) is 0 Å². The van der Waals surface area contributed by atoms with Gasteiger partial charge >= 0.3 is 0 Å². The predicted octanol–water partition coefficient (Wildman–Crippen LogP) is 4.89. The Kier molecular flexibility index (Phi) is 8.62. The van der Waals surface area contributed by atoms with Gasteiger partial charge in [0, 0.05) is 18.8 Å². The molecule has 1 aromatic rings. The Hall–Kier alpha value is -1.57. The zero-order chi connectivity index (χ0) is 15.7. The molecule has 0 spiro atoms. The highest BCUT2D eigenvalue weighted by Crippen LogP contribution is 2.27. The first kappa shape index (κ1) is 18.4. The first-order valence-electron chi connectivity index (χ1n) is 7.46. The van der Waals surface area contributed by atoms with Gasteiger partial charge in [0.25, 0.3) is 0 Å². The highest BCUT2D eigenvalue weighted by molar-refractivity contribution is 5.78. The van der Waals surface area contributed by atoms with Gasteiger partial charge in [-0.3, -0.25) is 4.79 Å². The fourth-order valence-corrected chi connectivity index (χ4v) is 1.81. The van der Waals surface area contributed by atoms with Gasteiger partial charge in [-0.2, -0.15) is 0 Å². The molecule has 0 saturated heterocycles. The Morgan fingerprint density at radius 1 is 1.10 bits per heavy atom. The molecule has 1 rings (SSSR count). The number of anilines is 1. The summed E-state index contributed by atoms with van der Waals surface area (Å²) < 4.78 is 0. The molecule has 0 heterocycles. The molecule has 0 amide bonds. The summed E-state index contributed by atoms with van der Waals surface area (Å²) in [5.74, 6) is 0.492. The number of allylic oxidation sites excluding steroid dienone is 1. The number of nitrogens with zero attached hydrogens (tertiary/aromatic N) is 1. The Morgan fingerprint density at radius 2 is 1.70 bits per heavy atom. The van der Waals surface area contributed by atoms with Crippen molar-refractivity contribution in [3.63, 3.8) is 0 Å². The molecule has 0 radical (unpaired) electrons. The molecule has 0 aliphatic carbocycles. The number of benzene rings is 1. The average Bonchev–Trinajstić information content (AvgIpc) is 2.45. The van der Waals surface area contributed by atoms with Crippen LogP contribution in [0.3, 0.4) is 0 Å². The predicted molar refractivity (Wildman–Crippen MR) is 90.5 cm³/mol. The van der Waals surface area contributed by atoms with Gasteiger partial charge in [-0.1, -0.05) is 33.8 Å². The van der Waals surface area contributed by atoms with Crippen LogP contribution in [0, 0.1) is 0 Å². The number of rotatable bonds is 5. The normalized spacial score (nSPS) is 10.7. The van der Waals surface area contributed by atoms with Crippen LogP contribution in [0.2, 0.25) is 0 Å². The monoisotopic (exact) mass is 275 g/mol. The van der Waals surface area contributed by atoms with Gasteiger partial charge in [0.15, 0.2) is 0 Å². The molecule has 0 bridgehead atoms. The molecule has 0 aliphatic heterocycles. The van der Waals surface area contributed by atoms with Crippen LogP contribution in [0.4, 0.5) is 5.69 Å². The quantitative estimate of drug-likeness (QED) is 0.563. The minimum absolute atomic E-state index is 0.429. The lowest BCUT2D eigenvalue weighted by Crippen LogP contribution is -2.26. The van der Waals surface area contributed by atoms with Gasteiger partial charge in [0.05, 0.1) is 0 Å². The summed E-state index contributed by atoms with van der Waals surface area (Å²) >= 11 is 0. The van der Waals surface area contributed by atoms with E-state index >= 15 is 0 Å². The van der Waals surface area contributed by atoms with E-state index in [-0.39, 0.29) is 0 Å². The standard InChI is InChI=1S/C16H23NO.C2H6/c1-12(2)14-8-9-16(17(5)13(3)4)15(11-14)7-6-10-18;1-2/h6-13H,1-5H3;1-2H3/b7-6-;. The molecule has 1 aromatic carbocycles. The topological polar surface area (TPSA) is 20.3 Å². The minimum atomic E-state index is 0.429. The third-order valence-corrected chi connectivity index (χ3v) is 3.23. The van der Waals surface area contributed by atoms with Gasteiger partial charge in [-0.05, 0) is 55.2 Å². The van der Waals surface area contributed by atoms with E-state index in [0.717, 1.165) is 17.5 Å². The van der Waals surface area contributed by atoms with Crippen molar-refractivity contribution in [1.82, 2.24) is 0 Å². The SMILES string of the molecule is CC.CC(C)c1ccc(N(C)C(C)C)c(/C=C\C=O)c1. The largest absolute Gasteiger partial charge is 0.372 e. The second kappa shape index (κ2) is 9.35. The number of carbonyl (C=O) groups excluding carboxylic acids is 1. The van der Waals surface area contributed by atoms with Crippen molar-refractivity contribution < 1.29 is 4.79 Å². The molecular weight excluding hydrogens is 246 g/mol. The van der Waals surface area contributed by atoms with E-state index in [1.807, 2.05) is 19.9 Å². The lowest BCUT2D eigenvalue weighted by molar-refractivity contribution is -0.104.